The first-order chi connectivity index (χ1) is 18.5. The number of hydrogen-bond donors (Lipinski definition) is 2. The number of amides is 2. The number of benzene rings is 1. The largest absolute Gasteiger partial charge is 0.361 e. The second-order valence-electron chi connectivity index (χ2n) is 10.9. The number of carbonyl (C=O) groups excluding carboxylic acids is 3. The molecule has 1 aromatic carbocycles. The zero-order chi connectivity index (χ0) is 28.2. The van der Waals surface area contributed by atoms with Crippen molar-refractivity contribution in [2.45, 2.75) is 68.3 Å². The van der Waals surface area contributed by atoms with Gasteiger partial charge in [0.15, 0.2) is 5.78 Å². The van der Waals surface area contributed by atoms with E-state index in [1.165, 1.54) is 15.6 Å². The Bertz CT molecular complexity index is 1250. The number of hydrogen-bond acceptors (Lipinski definition) is 7. The normalized spacial score (nSPS) is 21.7. The third-order valence-corrected chi connectivity index (χ3v) is 10.5. The maximum Gasteiger partial charge on any atom is 0.252 e. The highest BCUT2D eigenvalue weighted by atomic mass is 32.2. The average Bonchev–Trinajstić information content (AvgIpc) is 3.41. The molecule has 212 valence electrons. The number of piperidine rings is 1. The summed E-state index contributed by atoms with van der Waals surface area (Å²) in [5.74, 6) is -1.12. The van der Waals surface area contributed by atoms with Crippen molar-refractivity contribution in [1.82, 2.24) is 14.9 Å². The Kier molecular flexibility index (Phi) is 9.25. The van der Waals surface area contributed by atoms with Gasteiger partial charge in [-0.1, -0.05) is 50.2 Å². The van der Waals surface area contributed by atoms with Gasteiger partial charge in [-0.15, -0.1) is 11.3 Å². The van der Waals surface area contributed by atoms with Crippen LogP contribution in [0.2, 0.25) is 0 Å². The molecule has 3 heterocycles. The van der Waals surface area contributed by atoms with E-state index in [2.05, 4.69) is 10.6 Å². The summed E-state index contributed by atoms with van der Waals surface area (Å²) in [7, 11) is -3.57. The number of ether oxygens (including phenoxy) is 1. The number of ketones is 1. The number of sulfonamides is 1. The van der Waals surface area contributed by atoms with Crippen LogP contribution in [0.3, 0.4) is 0 Å². The first kappa shape index (κ1) is 29.4. The van der Waals surface area contributed by atoms with E-state index < -0.39 is 39.5 Å². The molecule has 0 saturated carbocycles. The zero-order valence-electron chi connectivity index (χ0n) is 22.6. The molecule has 3 atom stereocenters. The summed E-state index contributed by atoms with van der Waals surface area (Å²) >= 11 is 1.17. The van der Waals surface area contributed by atoms with E-state index in [4.69, 9.17) is 4.74 Å². The lowest BCUT2D eigenvalue weighted by atomic mass is 9.92. The minimum atomic E-state index is -3.57. The van der Waals surface area contributed by atoms with E-state index in [1.54, 1.807) is 24.4 Å². The summed E-state index contributed by atoms with van der Waals surface area (Å²) in [4.78, 5) is 39.9. The molecule has 2 N–H and O–H groups in total. The SMILES string of the molecule is CC(C)C[C@H](NC(=O)[C@H](Cc1ccccc1)NC(=O)C1CCN(S(=O)(=O)c2cccs2)CC1)C(=O)[C@@]1(C)CO1. The van der Waals surface area contributed by atoms with Gasteiger partial charge in [-0.3, -0.25) is 14.4 Å². The fourth-order valence-electron chi connectivity index (χ4n) is 4.84. The van der Waals surface area contributed by atoms with Crippen molar-refractivity contribution in [2.75, 3.05) is 19.7 Å². The van der Waals surface area contributed by atoms with E-state index in [1.807, 2.05) is 44.2 Å². The number of epoxide rings is 1. The first-order valence-corrected chi connectivity index (χ1v) is 15.7. The van der Waals surface area contributed by atoms with Crippen LogP contribution >= 0.6 is 11.3 Å². The summed E-state index contributed by atoms with van der Waals surface area (Å²) in [6.07, 6.45) is 1.45. The van der Waals surface area contributed by atoms with E-state index in [9.17, 15) is 22.8 Å². The standard InChI is InChI=1S/C28H37N3O6S2/c1-19(2)16-22(25(32)28(3)18-37-28)29-27(34)23(17-20-8-5-4-6-9-20)30-26(33)21-11-13-31(14-12-21)39(35,36)24-10-7-15-38-24/h4-10,15,19,21-23H,11-14,16-18H2,1-3H3,(H,29,34)(H,30,33)/t22-,23-,28+/m0/s1. The Morgan fingerprint density at radius 2 is 1.72 bits per heavy atom. The lowest BCUT2D eigenvalue weighted by Gasteiger charge is -2.31. The second-order valence-corrected chi connectivity index (χ2v) is 14.0. The molecule has 2 amide bonds. The molecule has 2 aliphatic rings. The van der Waals surface area contributed by atoms with Crippen LogP contribution in [0.4, 0.5) is 0 Å². The molecule has 4 rings (SSSR count). The predicted molar refractivity (Wildman–Crippen MR) is 149 cm³/mol. The number of carbonyl (C=O) groups is 3. The molecule has 2 saturated heterocycles. The summed E-state index contributed by atoms with van der Waals surface area (Å²) in [6.45, 7) is 6.49. The van der Waals surface area contributed by atoms with Gasteiger partial charge in [0, 0.05) is 25.4 Å². The third kappa shape index (κ3) is 7.33. The monoisotopic (exact) mass is 575 g/mol. The van der Waals surface area contributed by atoms with Crippen LogP contribution in [0.1, 0.15) is 45.6 Å². The fourth-order valence-corrected chi connectivity index (χ4v) is 7.45. The predicted octanol–water partition coefficient (Wildman–Crippen LogP) is 2.77. The highest BCUT2D eigenvalue weighted by molar-refractivity contribution is 7.91. The van der Waals surface area contributed by atoms with Gasteiger partial charge in [-0.25, -0.2) is 8.42 Å². The van der Waals surface area contributed by atoms with Crippen LogP contribution < -0.4 is 10.6 Å². The van der Waals surface area contributed by atoms with Gasteiger partial charge in [0.2, 0.25) is 11.8 Å². The maximum atomic E-state index is 13.5. The van der Waals surface area contributed by atoms with Crippen LogP contribution in [0.25, 0.3) is 0 Å². The van der Waals surface area contributed by atoms with Crippen molar-refractivity contribution in [1.29, 1.82) is 0 Å². The number of nitrogens with one attached hydrogen (secondary N) is 2. The summed E-state index contributed by atoms with van der Waals surface area (Å²) in [5, 5.41) is 7.53. The molecule has 0 aliphatic carbocycles. The van der Waals surface area contributed by atoms with Crippen LogP contribution in [0.5, 0.6) is 0 Å². The number of rotatable bonds is 12. The highest BCUT2D eigenvalue weighted by Crippen LogP contribution is 2.30. The lowest BCUT2D eigenvalue weighted by molar-refractivity contribution is -0.134. The van der Waals surface area contributed by atoms with Crippen LogP contribution in [-0.4, -0.2) is 67.7 Å². The zero-order valence-corrected chi connectivity index (χ0v) is 24.2. The Morgan fingerprint density at radius 1 is 1.05 bits per heavy atom. The van der Waals surface area contributed by atoms with Crippen molar-refractivity contribution in [3.05, 3.63) is 53.4 Å². The molecule has 2 fully saturated rings. The van der Waals surface area contributed by atoms with Gasteiger partial charge < -0.3 is 15.4 Å². The van der Waals surface area contributed by atoms with Crippen LogP contribution in [-0.2, 0) is 35.6 Å². The second kappa shape index (κ2) is 12.3. The van der Waals surface area contributed by atoms with E-state index in [0.29, 0.717) is 30.1 Å². The van der Waals surface area contributed by atoms with Crippen molar-refractivity contribution in [3.8, 4) is 0 Å². The molecule has 0 unspecified atom stereocenters. The van der Waals surface area contributed by atoms with Crippen molar-refractivity contribution in [3.63, 3.8) is 0 Å². The molecular formula is C28H37N3O6S2. The Hall–Kier alpha value is -2.60. The van der Waals surface area contributed by atoms with Crippen molar-refractivity contribution in [2.24, 2.45) is 11.8 Å². The van der Waals surface area contributed by atoms with Gasteiger partial charge in [0.05, 0.1) is 12.6 Å². The molecule has 2 aliphatic heterocycles. The first-order valence-electron chi connectivity index (χ1n) is 13.4. The van der Waals surface area contributed by atoms with Gasteiger partial charge in [0.25, 0.3) is 10.0 Å². The minimum Gasteiger partial charge on any atom is -0.361 e. The molecule has 1 aromatic heterocycles. The Balaban J connectivity index is 1.43. The van der Waals surface area contributed by atoms with Gasteiger partial charge in [0.1, 0.15) is 15.9 Å². The van der Waals surface area contributed by atoms with Crippen LogP contribution in [0.15, 0.2) is 52.1 Å². The van der Waals surface area contributed by atoms with E-state index >= 15 is 0 Å². The van der Waals surface area contributed by atoms with Gasteiger partial charge in [-0.2, -0.15) is 4.31 Å². The Labute approximate surface area is 234 Å². The van der Waals surface area contributed by atoms with Gasteiger partial charge in [-0.05, 0) is 49.1 Å². The molecular weight excluding hydrogens is 538 g/mol. The molecule has 11 heteroatoms. The molecule has 0 spiro atoms. The van der Waals surface area contributed by atoms with Crippen molar-refractivity contribution < 1.29 is 27.5 Å². The van der Waals surface area contributed by atoms with Crippen LogP contribution in [0, 0.1) is 11.8 Å². The van der Waals surface area contributed by atoms with E-state index in [0.717, 1.165) is 5.56 Å². The Morgan fingerprint density at radius 3 is 2.28 bits per heavy atom. The lowest BCUT2D eigenvalue weighted by Crippen LogP contribution is -2.55. The summed E-state index contributed by atoms with van der Waals surface area (Å²) in [6, 6.07) is 11.1. The fraction of sp³-hybridized carbons (Fsp3) is 0.536. The maximum absolute atomic E-state index is 13.5. The molecule has 0 bridgehead atoms. The smallest absolute Gasteiger partial charge is 0.252 e. The quantitative estimate of drug-likeness (QED) is 0.375. The minimum absolute atomic E-state index is 0.159. The summed E-state index contributed by atoms with van der Waals surface area (Å²) < 4.78 is 32.8. The number of thiophene rings is 1. The molecule has 2 aromatic rings. The molecule has 0 radical (unpaired) electrons. The molecule has 9 nitrogen and oxygen atoms in total. The average molecular weight is 576 g/mol. The summed E-state index contributed by atoms with van der Waals surface area (Å²) in [5.41, 5.74) is 0.00152. The topological polar surface area (TPSA) is 125 Å². The third-order valence-electron chi connectivity index (χ3n) is 7.27. The van der Waals surface area contributed by atoms with E-state index in [-0.39, 0.29) is 37.1 Å². The van der Waals surface area contributed by atoms with Gasteiger partial charge >= 0.3 is 0 Å². The van der Waals surface area contributed by atoms with Crippen molar-refractivity contribution >= 4 is 39.0 Å². The molecule has 39 heavy (non-hydrogen) atoms. The number of Topliss-reactive ketones (excluding diaryl/α,β-unsaturated/α-hetero) is 1. The highest BCUT2D eigenvalue weighted by Gasteiger charge is 2.50. The number of nitrogens with zero attached hydrogens (tertiary/aromatic N) is 1.